The van der Waals surface area contributed by atoms with E-state index < -0.39 is 4.92 Å². The minimum Gasteiger partial charge on any atom is -0.492 e. The average molecular weight is 272 g/mol. The van der Waals surface area contributed by atoms with Gasteiger partial charge in [0.1, 0.15) is 12.4 Å². The minimum atomic E-state index is -0.536. The molecule has 0 unspecified atom stereocenters. The number of hydrogen-bond acceptors (Lipinski definition) is 5. The first-order valence-electron chi connectivity index (χ1n) is 5.95. The quantitative estimate of drug-likeness (QED) is 0.591. The van der Waals surface area contributed by atoms with E-state index in [9.17, 15) is 10.1 Å². The molecule has 0 fully saturated rings. The summed E-state index contributed by atoms with van der Waals surface area (Å²) in [4.78, 5) is 9.93. The second-order valence-corrected chi connectivity index (χ2v) is 4.02. The van der Waals surface area contributed by atoms with Gasteiger partial charge >= 0.3 is 5.82 Å². The van der Waals surface area contributed by atoms with E-state index in [-0.39, 0.29) is 5.82 Å². The summed E-state index contributed by atoms with van der Waals surface area (Å²) < 4.78 is 6.96. The first-order chi connectivity index (χ1) is 9.69. The maximum absolute atomic E-state index is 10.5. The van der Waals surface area contributed by atoms with Gasteiger partial charge in [0.2, 0.25) is 0 Å². The first kappa shape index (κ1) is 13.5. The van der Waals surface area contributed by atoms with Crippen LogP contribution in [0.1, 0.15) is 5.56 Å². The molecule has 0 saturated carbocycles. The SMILES string of the molecule is N#CCc1ccc(OCCn2ccc([N+](=O)[O-])n2)cc1. The van der Waals surface area contributed by atoms with Crippen LogP contribution in [-0.2, 0) is 13.0 Å². The lowest BCUT2D eigenvalue weighted by molar-refractivity contribution is -0.389. The normalized spacial score (nSPS) is 9.95. The zero-order chi connectivity index (χ0) is 14.4. The van der Waals surface area contributed by atoms with Gasteiger partial charge in [-0.15, -0.1) is 0 Å². The van der Waals surface area contributed by atoms with Crippen molar-refractivity contribution >= 4 is 5.82 Å². The Morgan fingerprint density at radius 3 is 2.70 bits per heavy atom. The molecule has 1 heterocycles. The largest absolute Gasteiger partial charge is 0.492 e. The lowest BCUT2D eigenvalue weighted by Crippen LogP contribution is -2.08. The van der Waals surface area contributed by atoms with Crippen LogP contribution in [0.25, 0.3) is 0 Å². The second kappa shape index (κ2) is 6.33. The summed E-state index contributed by atoms with van der Waals surface area (Å²) in [6.07, 6.45) is 1.91. The van der Waals surface area contributed by atoms with Gasteiger partial charge in [0.25, 0.3) is 0 Å². The molecule has 1 aromatic carbocycles. The number of aromatic nitrogens is 2. The van der Waals surface area contributed by atoms with Gasteiger partial charge in [0, 0.05) is 0 Å². The van der Waals surface area contributed by atoms with E-state index in [0.29, 0.717) is 25.3 Å². The summed E-state index contributed by atoms with van der Waals surface area (Å²) in [6.45, 7) is 0.782. The van der Waals surface area contributed by atoms with Crippen LogP contribution in [0.5, 0.6) is 5.75 Å². The van der Waals surface area contributed by atoms with Crippen LogP contribution < -0.4 is 4.74 Å². The third-order valence-electron chi connectivity index (χ3n) is 2.61. The van der Waals surface area contributed by atoms with E-state index in [4.69, 9.17) is 10.00 Å². The monoisotopic (exact) mass is 272 g/mol. The molecule has 2 aromatic rings. The lowest BCUT2D eigenvalue weighted by atomic mass is 10.2. The molecule has 102 valence electrons. The van der Waals surface area contributed by atoms with Gasteiger partial charge < -0.3 is 14.9 Å². The van der Waals surface area contributed by atoms with Crippen molar-refractivity contribution in [3.8, 4) is 11.8 Å². The van der Waals surface area contributed by atoms with Crippen molar-refractivity contribution in [2.75, 3.05) is 6.61 Å². The summed E-state index contributed by atoms with van der Waals surface area (Å²) in [5.41, 5.74) is 0.933. The topological polar surface area (TPSA) is 94.0 Å². The summed E-state index contributed by atoms with van der Waals surface area (Å²) in [7, 11) is 0. The maximum Gasteiger partial charge on any atom is 0.389 e. The highest BCUT2D eigenvalue weighted by atomic mass is 16.6. The molecule has 7 nitrogen and oxygen atoms in total. The third-order valence-corrected chi connectivity index (χ3v) is 2.61. The number of rotatable bonds is 6. The number of hydrogen-bond donors (Lipinski definition) is 0. The van der Waals surface area contributed by atoms with Crippen LogP contribution in [0, 0.1) is 21.4 Å². The summed E-state index contributed by atoms with van der Waals surface area (Å²) in [5.74, 6) is 0.513. The number of nitriles is 1. The van der Waals surface area contributed by atoms with E-state index in [1.807, 2.05) is 12.1 Å². The van der Waals surface area contributed by atoms with Crippen molar-refractivity contribution in [1.82, 2.24) is 9.78 Å². The molecule has 0 atom stereocenters. The zero-order valence-electron chi connectivity index (χ0n) is 10.6. The van der Waals surface area contributed by atoms with E-state index in [1.165, 1.54) is 16.9 Å². The molecule has 0 amide bonds. The highest BCUT2D eigenvalue weighted by Crippen LogP contribution is 2.12. The first-order valence-corrected chi connectivity index (χ1v) is 5.95. The number of ether oxygens (including phenoxy) is 1. The number of benzene rings is 1. The Morgan fingerprint density at radius 2 is 2.10 bits per heavy atom. The van der Waals surface area contributed by atoms with Crippen LogP contribution in [-0.4, -0.2) is 21.3 Å². The van der Waals surface area contributed by atoms with Gasteiger partial charge in [-0.25, -0.2) is 0 Å². The second-order valence-electron chi connectivity index (χ2n) is 4.02. The Kier molecular flexibility index (Phi) is 4.29. The number of nitro groups is 1. The molecule has 7 heteroatoms. The Balaban J connectivity index is 1.83. The van der Waals surface area contributed by atoms with Gasteiger partial charge in [-0.2, -0.15) is 9.94 Å². The highest BCUT2D eigenvalue weighted by Gasteiger charge is 2.10. The van der Waals surface area contributed by atoms with Crippen LogP contribution in [0.2, 0.25) is 0 Å². The van der Waals surface area contributed by atoms with Gasteiger partial charge in [-0.1, -0.05) is 12.1 Å². The Bertz CT molecular complexity index is 628. The van der Waals surface area contributed by atoms with Gasteiger partial charge in [-0.05, 0) is 22.6 Å². The van der Waals surface area contributed by atoms with Crippen molar-refractivity contribution < 1.29 is 9.66 Å². The molecular formula is C13H12N4O3. The molecule has 0 aliphatic rings. The van der Waals surface area contributed by atoms with Crippen molar-refractivity contribution in [3.05, 3.63) is 52.2 Å². The summed E-state index contributed by atoms with van der Waals surface area (Å²) in [5, 5.41) is 22.8. The van der Waals surface area contributed by atoms with Gasteiger partial charge in [0.15, 0.2) is 0 Å². The van der Waals surface area contributed by atoms with Crippen LogP contribution in [0.3, 0.4) is 0 Å². The predicted molar refractivity (Wildman–Crippen MR) is 70.1 cm³/mol. The Labute approximate surface area is 115 Å². The fraction of sp³-hybridized carbons (Fsp3) is 0.231. The average Bonchev–Trinajstić information content (AvgIpc) is 2.90. The van der Waals surface area contributed by atoms with E-state index in [1.54, 1.807) is 12.1 Å². The standard InChI is InChI=1S/C13H12N4O3/c14-7-5-11-1-3-12(4-2-11)20-10-9-16-8-6-13(15-16)17(18)19/h1-4,6,8H,5,9-10H2. The summed E-state index contributed by atoms with van der Waals surface area (Å²) in [6, 6.07) is 10.7. The van der Waals surface area contributed by atoms with Crippen molar-refractivity contribution in [2.24, 2.45) is 0 Å². The maximum atomic E-state index is 10.5. The molecule has 0 aliphatic heterocycles. The van der Waals surface area contributed by atoms with Crippen LogP contribution >= 0.6 is 0 Å². The molecule has 0 spiro atoms. The fourth-order valence-electron chi connectivity index (χ4n) is 1.62. The molecule has 0 bridgehead atoms. The molecule has 0 N–H and O–H groups in total. The Hall–Kier alpha value is -2.88. The lowest BCUT2D eigenvalue weighted by Gasteiger charge is -2.05. The minimum absolute atomic E-state index is 0.175. The van der Waals surface area contributed by atoms with Gasteiger partial charge in [-0.3, -0.25) is 0 Å². The molecule has 0 radical (unpaired) electrons. The Morgan fingerprint density at radius 1 is 1.35 bits per heavy atom. The molecule has 2 rings (SSSR count). The molecule has 0 saturated heterocycles. The molecular weight excluding hydrogens is 260 g/mol. The highest BCUT2D eigenvalue weighted by molar-refractivity contribution is 5.28. The van der Waals surface area contributed by atoms with E-state index >= 15 is 0 Å². The van der Waals surface area contributed by atoms with Crippen molar-refractivity contribution in [3.63, 3.8) is 0 Å². The van der Waals surface area contributed by atoms with Gasteiger partial charge in [0.05, 0.1) is 36.4 Å². The molecule has 20 heavy (non-hydrogen) atoms. The van der Waals surface area contributed by atoms with Crippen LogP contribution in [0.15, 0.2) is 36.5 Å². The predicted octanol–water partition coefficient (Wildman–Crippen LogP) is 1.94. The fourth-order valence-corrected chi connectivity index (χ4v) is 1.62. The van der Waals surface area contributed by atoms with Crippen molar-refractivity contribution in [2.45, 2.75) is 13.0 Å². The van der Waals surface area contributed by atoms with E-state index in [0.717, 1.165) is 5.56 Å². The third kappa shape index (κ3) is 3.55. The van der Waals surface area contributed by atoms with Crippen LogP contribution in [0.4, 0.5) is 5.82 Å². The summed E-state index contributed by atoms with van der Waals surface area (Å²) >= 11 is 0. The van der Waals surface area contributed by atoms with Crippen molar-refractivity contribution in [1.29, 1.82) is 5.26 Å². The smallest absolute Gasteiger partial charge is 0.389 e. The van der Waals surface area contributed by atoms with E-state index in [2.05, 4.69) is 11.2 Å². The number of nitrogens with zero attached hydrogens (tertiary/aromatic N) is 4. The zero-order valence-corrected chi connectivity index (χ0v) is 10.6. The molecule has 1 aromatic heterocycles. The molecule has 0 aliphatic carbocycles.